The Morgan fingerprint density at radius 3 is 2.68 bits per heavy atom. The fourth-order valence-electron chi connectivity index (χ4n) is 1.81. The minimum Gasteiger partial charge on any atom is -0.483 e. The van der Waals surface area contributed by atoms with E-state index in [0.29, 0.717) is 19.4 Å². The Balaban J connectivity index is 2.79. The number of nitro benzene ring substituents is 1. The normalized spacial score (nSPS) is 9.91. The smallest absolute Gasteiger partial charge is 0.270 e. The second kappa shape index (κ2) is 7.92. The van der Waals surface area contributed by atoms with Gasteiger partial charge in [0, 0.05) is 25.2 Å². The Morgan fingerprint density at radius 1 is 1.50 bits per heavy atom. The number of hydrogen-bond donors (Lipinski definition) is 0. The maximum Gasteiger partial charge on any atom is 0.270 e. The molecule has 0 aromatic heterocycles. The predicted octanol–water partition coefficient (Wildman–Crippen LogP) is 2.21. The van der Waals surface area contributed by atoms with Gasteiger partial charge in [-0.15, -0.1) is 0 Å². The van der Waals surface area contributed by atoms with E-state index in [1.807, 2.05) is 13.8 Å². The van der Waals surface area contributed by atoms with Crippen LogP contribution in [0.3, 0.4) is 0 Å². The molecule has 1 amide bonds. The van der Waals surface area contributed by atoms with Gasteiger partial charge >= 0.3 is 0 Å². The molecule has 1 rings (SSSR count). The topological polar surface area (TPSA) is 89.8 Å². The van der Waals surface area contributed by atoms with Gasteiger partial charge in [0.1, 0.15) is 5.75 Å². The highest BCUT2D eigenvalue weighted by Gasteiger charge is 2.15. The Bertz CT molecular complexity index is 598. The lowest BCUT2D eigenvalue weighted by molar-refractivity contribution is -0.384. The van der Waals surface area contributed by atoms with Crippen LogP contribution in [0.25, 0.3) is 0 Å². The lowest BCUT2D eigenvalue weighted by Gasteiger charge is -2.21. The van der Waals surface area contributed by atoms with Gasteiger partial charge in [0.25, 0.3) is 11.6 Å². The van der Waals surface area contributed by atoms with Crippen molar-refractivity contribution in [2.75, 3.05) is 19.7 Å². The number of non-ortho nitro benzene ring substituents is 1. The SMILES string of the molecule is C=C(C)CN(CC)C(=O)COc1ccc([N+](=O)[O-])cc1C=O. The van der Waals surface area contributed by atoms with Crippen molar-refractivity contribution in [2.24, 2.45) is 0 Å². The molecule has 7 nitrogen and oxygen atoms in total. The summed E-state index contributed by atoms with van der Waals surface area (Å²) in [5.74, 6) is -0.110. The zero-order valence-electron chi connectivity index (χ0n) is 12.6. The van der Waals surface area contributed by atoms with Gasteiger partial charge in [-0.3, -0.25) is 19.7 Å². The van der Waals surface area contributed by atoms with Gasteiger partial charge in [-0.05, 0) is 19.9 Å². The monoisotopic (exact) mass is 306 g/mol. The van der Waals surface area contributed by atoms with E-state index in [1.54, 1.807) is 4.90 Å². The fraction of sp³-hybridized carbons (Fsp3) is 0.333. The van der Waals surface area contributed by atoms with Crippen LogP contribution in [-0.2, 0) is 4.79 Å². The Hall–Kier alpha value is -2.70. The summed E-state index contributed by atoms with van der Waals surface area (Å²) in [5.41, 5.74) is 0.669. The molecule has 22 heavy (non-hydrogen) atoms. The molecule has 118 valence electrons. The van der Waals surface area contributed by atoms with E-state index < -0.39 is 4.92 Å². The summed E-state index contributed by atoms with van der Waals surface area (Å²) in [6.07, 6.45) is 0.457. The van der Waals surface area contributed by atoms with Crippen molar-refractivity contribution in [1.29, 1.82) is 0 Å². The lowest BCUT2D eigenvalue weighted by atomic mass is 10.2. The molecule has 0 heterocycles. The molecule has 0 spiro atoms. The van der Waals surface area contributed by atoms with Crippen LogP contribution >= 0.6 is 0 Å². The van der Waals surface area contributed by atoms with Crippen LogP contribution in [-0.4, -0.2) is 41.7 Å². The fourth-order valence-corrected chi connectivity index (χ4v) is 1.81. The van der Waals surface area contributed by atoms with Gasteiger partial charge in [-0.25, -0.2) is 0 Å². The number of benzene rings is 1. The maximum absolute atomic E-state index is 12.0. The quantitative estimate of drug-likeness (QED) is 0.318. The van der Waals surface area contributed by atoms with Crippen molar-refractivity contribution in [1.82, 2.24) is 4.90 Å². The molecule has 0 aliphatic heterocycles. The second-order valence-electron chi connectivity index (χ2n) is 4.75. The van der Waals surface area contributed by atoms with Gasteiger partial charge in [0.15, 0.2) is 12.9 Å². The first-order chi connectivity index (χ1) is 10.4. The van der Waals surface area contributed by atoms with Crippen LogP contribution in [0, 0.1) is 10.1 Å². The molecule has 0 bridgehead atoms. The molecule has 0 aliphatic carbocycles. The van der Waals surface area contributed by atoms with Crippen molar-refractivity contribution in [2.45, 2.75) is 13.8 Å². The summed E-state index contributed by atoms with van der Waals surface area (Å²) in [5, 5.41) is 10.7. The molecule has 0 saturated heterocycles. The van der Waals surface area contributed by atoms with Crippen molar-refractivity contribution in [3.63, 3.8) is 0 Å². The first-order valence-corrected chi connectivity index (χ1v) is 6.67. The van der Waals surface area contributed by atoms with E-state index in [0.717, 1.165) is 11.6 Å². The van der Waals surface area contributed by atoms with Gasteiger partial charge in [-0.1, -0.05) is 12.2 Å². The third kappa shape index (κ3) is 4.69. The number of likely N-dealkylation sites (N-methyl/N-ethyl adjacent to an activating group) is 1. The molecule has 0 N–H and O–H groups in total. The third-order valence-corrected chi connectivity index (χ3v) is 2.88. The number of hydrogen-bond acceptors (Lipinski definition) is 5. The van der Waals surface area contributed by atoms with E-state index in [9.17, 15) is 19.7 Å². The number of rotatable bonds is 8. The molecule has 0 saturated carbocycles. The highest BCUT2D eigenvalue weighted by molar-refractivity contribution is 5.82. The van der Waals surface area contributed by atoms with E-state index in [4.69, 9.17) is 4.74 Å². The number of ether oxygens (including phenoxy) is 1. The number of aldehydes is 1. The third-order valence-electron chi connectivity index (χ3n) is 2.88. The summed E-state index contributed by atoms with van der Waals surface area (Å²) >= 11 is 0. The molecule has 0 atom stereocenters. The molecule has 7 heteroatoms. The van der Waals surface area contributed by atoms with Crippen molar-refractivity contribution in [3.05, 3.63) is 46.0 Å². The van der Waals surface area contributed by atoms with Crippen molar-refractivity contribution in [3.8, 4) is 5.75 Å². The average molecular weight is 306 g/mol. The Kier molecular flexibility index (Phi) is 6.25. The highest BCUT2D eigenvalue weighted by atomic mass is 16.6. The van der Waals surface area contributed by atoms with Crippen LogP contribution in [0.5, 0.6) is 5.75 Å². The number of amides is 1. The van der Waals surface area contributed by atoms with Crippen LogP contribution in [0.15, 0.2) is 30.4 Å². The molecule has 0 radical (unpaired) electrons. The number of carbonyl (C=O) groups is 2. The number of nitro groups is 1. The second-order valence-corrected chi connectivity index (χ2v) is 4.75. The summed E-state index contributed by atoms with van der Waals surface area (Å²) in [6, 6.07) is 3.64. The molecular formula is C15H18N2O5. The highest BCUT2D eigenvalue weighted by Crippen LogP contribution is 2.22. The van der Waals surface area contributed by atoms with Gasteiger partial charge in [-0.2, -0.15) is 0 Å². The molecule has 1 aromatic rings. The maximum atomic E-state index is 12.0. The molecule has 1 aromatic carbocycles. The summed E-state index contributed by atoms with van der Waals surface area (Å²) < 4.78 is 5.31. The molecule has 0 aliphatic rings. The van der Waals surface area contributed by atoms with Crippen LogP contribution in [0.1, 0.15) is 24.2 Å². The van der Waals surface area contributed by atoms with E-state index in [1.165, 1.54) is 12.1 Å². The van der Waals surface area contributed by atoms with Gasteiger partial charge < -0.3 is 9.64 Å². The van der Waals surface area contributed by atoms with E-state index in [-0.39, 0.29) is 29.5 Å². The van der Waals surface area contributed by atoms with Crippen LogP contribution in [0.2, 0.25) is 0 Å². The Morgan fingerprint density at radius 2 is 2.18 bits per heavy atom. The summed E-state index contributed by atoms with van der Waals surface area (Å²) in [6.45, 7) is 8.10. The summed E-state index contributed by atoms with van der Waals surface area (Å²) in [7, 11) is 0. The largest absolute Gasteiger partial charge is 0.483 e. The van der Waals surface area contributed by atoms with Gasteiger partial charge in [0.05, 0.1) is 10.5 Å². The number of carbonyl (C=O) groups excluding carboxylic acids is 2. The van der Waals surface area contributed by atoms with E-state index >= 15 is 0 Å². The molecule has 0 unspecified atom stereocenters. The zero-order chi connectivity index (χ0) is 16.7. The average Bonchev–Trinajstić information content (AvgIpc) is 2.49. The first kappa shape index (κ1) is 17.4. The van der Waals surface area contributed by atoms with E-state index in [2.05, 4.69) is 6.58 Å². The lowest BCUT2D eigenvalue weighted by Crippen LogP contribution is -2.35. The van der Waals surface area contributed by atoms with Crippen molar-refractivity contribution < 1.29 is 19.2 Å². The van der Waals surface area contributed by atoms with Crippen LogP contribution < -0.4 is 4.74 Å². The van der Waals surface area contributed by atoms with Gasteiger partial charge in [0.2, 0.25) is 0 Å². The van der Waals surface area contributed by atoms with Crippen molar-refractivity contribution >= 4 is 17.9 Å². The molecular weight excluding hydrogens is 288 g/mol. The minimum absolute atomic E-state index is 0.0324. The summed E-state index contributed by atoms with van der Waals surface area (Å²) in [4.78, 5) is 34.6. The first-order valence-electron chi connectivity index (χ1n) is 6.67. The molecule has 0 fully saturated rings. The standard InChI is InChI=1S/C15H18N2O5/c1-4-16(8-11(2)3)15(19)10-22-14-6-5-13(17(20)21)7-12(14)9-18/h5-7,9H,2,4,8,10H2,1,3H3. The Labute approximate surface area is 128 Å². The zero-order valence-corrected chi connectivity index (χ0v) is 12.6. The minimum atomic E-state index is -0.604. The number of nitrogens with zero attached hydrogens (tertiary/aromatic N) is 2. The van der Waals surface area contributed by atoms with Crippen LogP contribution in [0.4, 0.5) is 5.69 Å². The predicted molar refractivity (Wildman–Crippen MR) is 81.0 cm³/mol.